The zero-order chi connectivity index (χ0) is 43.7. The van der Waals surface area contributed by atoms with Crippen molar-refractivity contribution in [3.63, 3.8) is 0 Å². The van der Waals surface area contributed by atoms with Crippen LogP contribution in [0.4, 0.5) is 0 Å². The third kappa shape index (κ3) is 31.5. The van der Waals surface area contributed by atoms with Gasteiger partial charge in [0.1, 0.15) is 24.4 Å². The van der Waals surface area contributed by atoms with Gasteiger partial charge in [0, 0.05) is 6.42 Å². The summed E-state index contributed by atoms with van der Waals surface area (Å²) < 4.78 is 11.2. The van der Waals surface area contributed by atoms with Gasteiger partial charge in [-0.2, -0.15) is 0 Å². The van der Waals surface area contributed by atoms with Gasteiger partial charge in [-0.3, -0.25) is 4.79 Å². The van der Waals surface area contributed by atoms with E-state index in [1.165, 1.54) is 180 Å². The average Bonchev–Trinajstić information content (AvgIpc) is 3.25. The highest BCUT2D eigenvalue weighted by molar-refractivity contribution is 5.76. The molecule has 354 valence electrons. The number of amides is 1. The van der Waals surface area contributed by atoms with Gasteiger partial charge in [0.25, 0.3) is 0 Å². The smallest absolute Gasteiger partial charge is 0.220 e. The molecule has 0 spiro atoms. The summed E-state index contributed by atoms with van der Waals surface area (Å²) in [6, 6.07) is -0.803. The molecule has 7 atom stereocenters. The molecule has 9 nitrogen and oxygen atoms in total. The molecule has 0 aromatic carbocycles. The van der Waals surface area contributed by atoms with Gasteiger partial charge < -0.3 is 40.3 Å². The van der Waals surface area contributed by atoms with Gasteiger partial charge in [-0.1, -0.05) is 212 Å². The van der Waals surface area contributed by atoms with E-state index in [0.717, 1.165) is 38.5 Å². The van der Waals surface area contributed by atoms with Crippen LogP contribution in [0.1, 0.15) is 239 Å². The minimum Gasteiger partial charge on any atom is -0.394 e. The van der Waals surface area contributed by atoms with E-state index in [1.807, 2.05) is 6.08 Å². The summed E-state index contributed by atoms with van der Waals surface area (Å²) in [7, 11) is 0. The Balaban J connectivity index is 2.29. The first-order valence-electron chi connectivity index (χ1n) is 25.6. The molecule has 1 rings (SSSR count). The maximum atomic E-state index is 13.0. The highest BCUT2D eigenvalue weighted by Crippen LogP contribution is 2.23. The van der Waals surface area contributed by atoms with Crippen LogP contribution in [0.15, 0.2) is 24.3 Å². The lowest BCUT2D eigenvalue weighted by atomic mass is 9.99. The SMILES string of the molecule is CCCCCCCCCC/C=C\CCCCCCCCCCCC(=O)NC(COC1OC(CO)C(O)C(O)C1O)C(O)/C=C/CCCCCCCCCCCCCCCC. The summed E-state index contributed by atoms with van der Waals surface area (Å²) in [5.41, 5.74) is 0. The Bertz CT molecular complexity index is 992. The lowest BCUT2D eigenvalue weighted by Crippen LogP contribution is -2.60. The van der Waals surface area contributed by atoms with Crippen LogP contribution in [0.2, 0.25) is 0 Å². The first kappa shape index (κ1) is 56.7. The van der Waals surface area contributed by atoms with Crippen molar-refractivity contribution < 1.29 is 39.8 Å². The van der Waals surface area contributed by atoms with Gasteiger partial charge >= 0.3 is 0 Å². The van der Waals surface area contributed by atoms with Crippen LogP contribution in [-0.2, 0) is 14.3 Å². The van der Waals surface area contributed by atoms with Crippen molar-refractivity contribution in [2.24, 2.45) is 0 Å². The maximum Gasteiger partial charge on any atom is 0.220 e. The van der Waals surface area contributed by atoms with E-state index in [4.69, 9.17) is 9.47 Å². The normalized spacial score (nSPS) is 20.7. The third-order valence-electron chi connectivity index (χ3n) is 12.3. The summed E-state index contributed by atoms with van der Waals surface area (Å²) in [5.74, 6) is -0.177. The van der Waals surface area contributed by atoms with Crippen LogP contribution in [0.5, 0.6) is 0 Å². The van der Waals surface area contributed by atoms with Crippen molar-refractivity contribution in [1.29, 1.82) is 0 Å². The van der Waals surface area contributed by atoms with Crippen LogP contribution in [0, 0.1) is 0 Å². The van der Waals surface area contributed by atoms with Crippen molar-refractivity contribution in [3.8, 4) is 0 Å². The minimum atomic E-state index is -1.56. The molecular formula is C51H97NO8. The van der Waals surface area contributed by atoms with Crippen LogP contribution in [-0.4, -0.2) is 87.5 Å². The van der Waals surface area contributed by atoms with Crippen LogP contribution in [0.3, 0.4) is 0 Å². The average molecular weight is 852 g/mol. The van der Waals surface area contributed by atoms with Gasteiger partial charge in [0.2, 0.25) is 5.91 Å². The predicted molar refractivity (Wildman–Crippen MR) is 249 cm³/mol. The van der Waals surface area contributed by atoms with Crippen molar-refractivity contribution in [3.05, 3.63) is 24.3 Å². The fourth-order valence-electron chi connectivity index (χ4n) is 8.15. The standard InChI is InChI=1S/C51H97NO8/c1-3-5-7-9-11-13-15-17-19-21-22-23-24-25-27-29-31-33-35-37-39-41-47(55)52-44(43-59-51-50(58)49(57)48(56)46(42-53)60-51)45(54)40-38-36-34-32-30-28-26-20-18-16-14-12-10-8-6-4-2/h21-22,38,40,44-46,48-51,53-54,56-58H,3-20,23-37,39,41-43H2,1-2H3,(H,52,55)/b22-21-,40-38+. The summed E-state index contributed by atoms with van der Waals surface area (Å²) >= 11 is 0. The number of carbonyl (C=O) groups is 1. The number of aliphatic hydroxyl groups is 5. The number of unbranched alkanes of at least 4 members (excludes halogenated alkanes) is 31. The highest BCUT2D eigenvalue weighted by atomic mass is 16.7. The van der Waals surface area contributed by atoms with Crippen LogP contribution >= 0.6 is 0 Å². The molecule has 1 heterocycles. The zero-order valence-electron chi connectivity index (χ0n) is 39.0. The third-order valence-corrected chi connectivity index (χ3v) is 12.3. The molecule has 0 aromatic rings. The van der Waals surface area contributed by atoms with E-state index in [2.05, 4.69) is 31.3 Å². The van der Waals surface area contributed by atoms with Crippen molar-refractivity contribution in [1.82, 2.24) is 5.32 Å². The number of nitrogens with one attached hydrogen (secondary N) is 1. The molecule has 0 aromatic heterocycles. The quantitative estimate of drug-likeness (QED) is 0.0262. The summed E-state index contributed by atoms with van der Waals surface area (Å²) in [6.07, 6.45) is 43.6. The van der Waals surface area contributed by atoms with Crippen molar-refractivity contribution in [2.45, 2.75) is 281 Å². The van der Waals surface area contributed by atoms with Gasteiger partial charge in [-0.25, -0.2) is 0 Å². The molecule has 0 saturated carbocycles. The largest absolute Gasteiger partial charge is 0.394 e. The topological polar surface area (TPSA) is 149 Å². The summed E-state index contributed by atoms with van der Waals surface area (Å²) in [6.45, 7) is 3.79. The molecule has 1 aliphatic heterocycles. The first-order valence-corrected chi connectivity index (χ1v) is 25.6. The van der Waals surface area contributed by atoms with E-state index < -0.39 is 49.5 Å². The number of rotatable bonds is 43. The van der Waals surface area contributed by atoms with Crippen LogP contribution < -0.4 is 5.32 Å². The Morgan fingerprint density at radius 3 is 1.35 bits per heavy atom. The molecule has 7 unspecified atom stereocenters. The van der Waals surface area contributed by atoms with E-state index >= 15 is 0 Å². The molecule has 6 N–H and O–H groups in total. The second-order valence-electron chi connectivity index (χ2n) is 18.0. The van der Waals surface area contributed by atoms with E-state index in [0.29, 0.717) is 6.42 Å². The highest BCUT2D eigenvalue weighted by Gasteiger charge is 2.44. The number of hydrogen-bond donors (Lipinski definition) is 6. The Morgan fingerprint density at radius 2 is 0.933 bits per heavy atom. The van der Waals surface area contributed by atoms with Crippen molar-refractivity contribution >= 4 is 5.91 Å². The molecule has 9 heteroatoms. The number of hydrogen-bond acceptors (Lipinski definition) is 8. The lowest BCUT2D eigenvalue weighted by molar-refractivity contribution is -0.302. The summed E-state index contributed by atoms with van der Waals surface area (Å²) in [4.78, 5) is 13.0. The van der Waals surface area contributed by atoms with E-state index in [9.17, 15) is 30.3 Å². The number of aliphatic hydroxyl groups excluding tert-OH is 5. The van der Waals surface area contributed by atoms with Gasteiger partial charge in [0.15, 0.2) is 6.29 Å². The molecule has 1 saturated heterocycles. The fourth-order valence-corrected chi connectivity index (χ4v) is 8.15. The number of carbonyl (C=O) groups excluding carboxylic acids is 1. The molecular weight excluding hydrogens is 755 g/mol. The Labute approximate surface area is 369 Å². The minimum absolute atomic E-state index is 0.177. The molecule has 1 amide bonds. The second-order valence-corrected chi connectivity index (χ2v) is 18.0. The van der Waals surface area contributed by atoms with Crippen molar-refractivity contribution in [2.75, 3.05) is 13.2 Å². The molecule has 0 radical (unpaired) electrons. The van der Waals surface area contributed by atoms with Gasteiger partial charge in [0.05, 0.1) is 25.4 Å². The lowest BCUT2D eigenvalue weighted by Gasteiger charge is -2.40. The predicted octanol–water partition coefficient (Wildman–Crippen LogP) is 11.5. The first-order chi connectivity index (χ1) is 29.3. The Kier molecular flexibility index (Phi) is 39.4. The maximum absolute atomic E-state index is 13.0. The van der Waals surface area contributed by atoms with Gasteiger partial charge in [-0.05, 0) is 44.9 Å². The molecule has 1 fully saturated rings. The Morgan fingerprint density at radius 1 is 0.550 bits per heavy atom. The molecule has 1 aliphatic rings. The number of ether oxygens (including phenoxy) is 2. The molecule has 60 heavy (non-hydrogen) atoms. The second kappa shape index (κ2) is 41.7. The van der Waals surface area contributed by atoms with Crippen LogP contribution in [0.25, 0.3) is 0 Å². The molecule has 0 aliphatic carbocycles. The Hall–Kier alpha value is -1.33. The monoisotopic (exact) mass is 852 g/mol. The van der Waals surface area contributed by atoms with Gasteiger partial charge in [-0.15, -0.1) is 0 Å². The van der Waals surface area contributed by atoms with E-state index in [-0.39, 0.29) is 12.5 Å². The van der Waals surface area contributed by atoms with E-state index in [1.54, 1.807) is 6.08 Å². The molecule has 0 bridgehead atoms. The number of allylic oxidation sites excluding steroid dienone is 3. The zero-order valence-corrected chi connectivity index (χ0v) is 39.0. The fraction of sp³-hybridized carbons (Fsp3) is 0.902. The summed E-state index contributed by atoms with van der Waals surface area (Å²) in [5, 5.41) is 54.3.